The number of rotatable bonds is 2. The molecule has 4 nitrogen and oxygen atoms in total. The molecule has 0 saturated carbocycles. The van der Waals surface area contributed by atoms with Crippen LogP contribution >= 0.6 is 0 Å². The Morgan fingerprint density at radius 2 is 1.64 bits per heavy atom. The zero-order valence-electron chi connectivity index (χ0n) is 12.2. The van der Waals surface area contributed by atoms with Crippen LogP contribution < -0.4 is 0 Å². The molecular formula is C18H19NO3. The summed E-state index contributed by atoms with van der Waals surface area (Å²) in [4.78, 5) is 13.0. The highest BCUT2D eigenvalue weighted by molar-refractivity contribution is 5.66. The Morgan fingerprint density at radius 1 is 1.05 bits per heavy atom. The highest BCUT2D eigenvalue weighted by atomic mass is 16.4. The molecule has 1 saturated heterocycles. The van der Waals surface area contributed by atoms with Crippen molar-refractivity contribution >= 4 is 6.09 Å². The van der Waals surface area contributed by atoms with Crippen molar-refractivity contribution in [3.8, 4) is 0 Å². The third kappa shape index (κ3) is 2.70. The Morgan fingerprint density at radius 3 is 2.23 bits per heavy atom. The fourth-order valence-corrected chi connectivity index (χ4v) is 3.21. The second kappa shape index (κ2) is 5.81. The number of carbonyl (C=O) groups is 1. The Labute approximate surface area is 129 Å². The minimum Gasteiger partial charge on any atom is -0.465 e. The SMILES string of the molecule is O=C(O)N1CCC(O)(c2ccccc2)CC1c1ccccc1. The van der Waals surface area contributed by atoms with Crippen LogP contribution in [0.15, 0.2) is 60.7 Å². The van der Waals surface area contributed by atoms with E-state index in [1.54, 1.807) is 0 Å². The van der Waals surface area contributed by atoms with E-state index in [4.69, 9.17) is 0 Å². The summed E-state index contributed by atoms with van der Waals surface area (Å²) in [7, 11) is 0. The van der Waals surface area contributed by atoms with E-state index in [1.807, 2.05) is 60.7 Å². The zero-order valence-corrected chi connectivity index (χ0v) is 12.2. The minimum atomic E-state index is -0.992. The zero-order chi connectivity index (χ0) is 15.6. The van der Waals surface area contributed by atoms with Crippen molar-refractivity contribution in [2.75, 3.05) is 6.54 Å². The Balaban J connectivity index is 1.95. The molecule has 0 aliphatic carbocycles. The molecule has 1 aliphatic rings. The maximum Gasteiger partial charge on any atom is 0.407 e. The first kappa shape index (κ1) is 14.6. The minimum absolute atomic E-state index is 0.320. The molecule has 1 heterocycles. The van der Waals surface area contributed by atoms with Crippen LogP contribution in [0.1, 0.15) is 30.0 Å². The summed E-state index contributed by atoms with van der Waals surface area (Å²) in [6.45, 7) is 0.320. The van der Waals surface area contributed by atoms with E-state index in [0.29, 0.717) is 19.4 Å². The van der Waals surface area contributed by atoms with Crippen molar-refractivity contribution in [3.05, 3.63) is 71.8 Å². The number of hydrogen-bond donors (Lipinski definition) is 2. The lowest BCUT2D eigenvalue weighted by Crippen LogP contribution is -2.46. The van der Waals surface area contributed by atoms with Gasteiger partial charge in [-0.1, -0.05) is 60.7 Å². The monoisotopic (exact) mass is 297 g/mol. The van der Waals surface area contributed by atoms with Crippen LogP contribution in [0.25, 0.3) is 0 Å². The number of benzene rings is 2. The van der Waals surface area contributed by atoms with Gasteiger partial charge in [-0.25, -0.2) is 4.79 Å². The third-order valence-electron chi connectivity index (χ3n) is 4.41. The van der Waals surface area contributed by atoms with Crippen molar-refractivity contribution in [1.29, 1.82) is 0 Å². The van der Waals surface area contributed by atoms with E-state index in [-0.39, 0.29) is 6.04 Å². The Kier molecular flexibility index (Phi) is 3.86. The lowest BCUT2D eigenvalue weighted by atomic mass is 9.79. The standard InChI is InChI=1S/C18H19NO3/c20-17(21)19-12-11-18(22,15-9-5-2-6-10-15)13-16(19)14-7-3-1-4-8-14/h1-10,16,22H,11-13H2,(H,20,21). The fraction of sp³-hybridized carbons (Fsp3) is 0.278. The van der Waals surface area contributed by atoms with Crippen LogP contribution in [0.3, 0.4) is 0 Å². The van der Waals surface area contributed by atoms with Crippen molar-refractivity contribution in [2.24, 2.45) is 0 Å². The molecule has 1 aliphatic heterocycles. The van der Waals surface area contributed by atoms with Crippen LogP contribution in [-0.2, 0) is 5.60 Å². The quantitative estimate of drug-likeness (QED) is 0.893. The van der Waals surface area contributed by atoms with Crippen molar-refractivity contribution < 1.29 is 15.0 Å². The molecule has 0 spiro atoms. The predicted octanol–water partition coefficient (Wildman–Crippen LogP) is 3.39. The van der Waals surface area contributed by atoms with E-state index < -0.39 is 11.7 Å². The van der Waals surface area contributed by atoms with E-state index in [9.17, 15) is 15.0 Å². The molecule has 2 aromatic carbocycles. The number of nitrogens with zero attached hydrogens (tertiary/aromatic N) is 1. The maximum atomic E-state index is 11.5. The van der Waals surface area contributed by atoms with Gasteiger partial charge in [0.2, 0.25) is 0 Å². The Bertz CT molecular complexity index is 644. The van der Waals surface area contributed by atoms with Gasteiger partial charge in [-0.2, -0.15) is 0 Å². The molecule has 114 valence electrons. The molecular weight excluding hydrogens is 278 g/mol. The van der Waals surface area contributed by atoms with Crippen LogP contribution in [0.5, 0.6) is 0 Å². The molecule has 0 radical (unpaired) electrons. The molecule has 22 heavy (non-hydrogen) atoms. The van der Waals surface area contributed by atoms with Gasteiger partial charge in [0.05, 0.1) is 11.6 Å². The van der Waals surface area contributed by atoms with Gasteiger partial charge < -0.3 is 15.1 Å². The van der Waals surface area contributed by atoms with Crippen molar-refractivity contribution in [3.63, 3.8) is 0 Å². The van der Waals surface area contributed by atoms with Crippen LogP contribution in [0.2, 0.25) is 0 Å². The number of piperidine rings is 1. The van der Waals surface area contributed by atoms with Gasteiger partial charge in [-0.05, 0) is 17.5 Å². The number of amides is 1. The average molecular weight is 297 g/mol. The lowest BCUT2D eigenvalue weighted by Gasteiger charge is -2.43. The molecule has 0 aromatic heterocycles. The maximum absolute atomic E-state index is 11.5. The molecule has 3 rings (SSSR count). The van der Waals surface area contributed by atoms with E-state index in [1.165, 1.54) is 4.90 Å². The first-order valence-corrected chi connectivity index (χ1v) is 7.42. The second-order valence-electron chi connectivity index (χ2n) is 5.75. The highest BCUT2D eigenvalue weighted by Crippen LogP contribution is 2.42. The molecule has 2 N–H and O–H groups in total. The van der Waals surface area contributed by atoms with Gasteiger partial charge >= 0.3 is 6.09 Å². The number of hydrogen-bond acceptors (Lipinski definition) is 2. The van der Waals surface area contributed by atoms with Crippen molar-refractivity contribution in [1.82, 2.24) is 4.90 Å². The molecule has 2 aromatic rings. The average Bonchev–Trinajstić information content (AvgIpc) is 2.56. The summed E-state index contributed by atoms with van der Waals surface area (Å²) in [6.07, 6.45) is -0.163. The normalized spacial score (nSPS) is 25.0. The summed E-state index contributed by atoms with van der Waals surface area (Å²) in [5.41, 5.74) is 0.771. The first-order chi connectivity index (χ1) is 10.6. The van der Waals surface area contributed by atoms with Gasteiger partial charge in [-0.15, -0.1) is 0 Å². The van der Waals surface area contributed by atoms with Crippen LogP contribution in [0.4, 0.5) is 4.79 Å². The number of carboxylic acid groups (broad SMARTS) is 1. The smallest absolute Gasteiger partial charge is 0.407 e. The van der Waals surface area contributed by atoms with E-state index in [2.05, 4.69) is 0 Å². The van der Waals surface area contributed by atoms with Crippen molar-refractivity contribution in [2.45, 2.75) is 24.5 Å². The number of likely N-dealkylation sites (tertiary alicyclic amines) is 1. The third-order valence-corrected chi connectivity index (χ3v) is 4.41. The summed E-state index contributed by atoms with van der Waals surface area (Å²) in [6, 6.07) is 18.7. The topological polar surface area (TPSA) is 60.8 Å². The second-order valence-corrected chi connectivity index (χ2v) is 5.75. The Hall–Kier alpha value is -2.33. The fourth-order valence-electron chi connectivity index (χ4n) is 3.21. The summed E-state index contributed by atoms with van der Waals surface area (Å²) in [5.74, 6) is 0. The molecule has 0 bridgehead atoms. The molecule has 2 atom stereocenters. The largest absolute Gasteiger partial charge is 0.465 e. The summed E-state index contributed by atoms with van der Waals surface area (Å²) >= 11 is 0. The molecule has 4 heteroatoms. The van der Waals surface area contributed by atoms with Crippen LogP contribution in [0, 0.1) is 0 Å². The van der Waals surface area contributed by atoms with Gasteiger partial charge in [0.15, 0.2) is 0 Å². The van der Waals surface area contributed by atoms with Gasteiger partial charge in [0, 0.05) is 13.0 Å². The first-order valence-electron chi connectivity index (χ1n) is 7.42. The van der Waals surface area contributed by atoms with Gasteiger partial charge in [-0.3, -0.25) is 0 Å². The number of aliphatic hydroxyl groups is 1. The lowest BCUT2D eigenvalue weighted by molar-refractivity contribution is -0.0460. The highest BCUT2D eigenvalue weighted by Gasteiger charge is 2.41. The van der Waals surface area contributed by atoms with Crippen LogP contribution in [-0.4, -0.2) is 27.8 Å². The summed E-state index contributed by atoms with van der Waals surface area (Å²) in [5, 5.41) is 20.5. The molecule has 2 unspecified atom stereocenters. The summed E-state index contributed by atoms with van der Waals surface area (Å²) < 4.78 is 0. The van der Waals surface area contributed by atoms with Gasteiger partial charge in [0.25, 0.3) is 0 Å². The molecule has 1 amide bonds. The van der Waals surface area contributed by atoms with E-state index in [0.717, 1.165) is 11.1 Å². The predicted molar refractivity (Wildman–Crippen MR) is 83.5 cm³/mol. The van der Waals surface area contributed by atoms with E-state index >= 15 is 0 Å². The van der Waals surface area contributed by atoms with Gasteiger partial charge in [0.1, 0.15) is 0 Å². The molecule has 1 fully saturated rings.